The van der Waals surface area contributed by atoms with Crippen molar-refractivity contribution in [3.8, 4) is 27.9 Å². The van der Waals surface area contributed by atoms with E-state index in [4.69, 9.17) is 0 Å². The number of nitrogens with zero attached hydrogens (tertiary/aromatic N) is 2. The van der Waals surface area contributed by atoms with Crippen LogP contribution >= 0.6 is 0 Å². The van der Waals surface area contributed by atoms with Gasteiger partial charge in [-0.05, 0) is 41.5 Å². The lowest BCUT2D eigenvalue weighted by atomic mass is 10.0. The molecule has 1 aliphatic rings. The van der Waals surface area contributed by atoms with Crippen LogP contribution in [-0.4, -0.2) is 18.2 Å². The molecule has 26 heavy (non-hydrogen) atoms. The van der Waals surface area contributed by atoms with E-state index in [-0.39, 0.29) is 0 Å². The second-order valence-corrected chi connectivity index (χ2v) is 8.09. The molecule has 0 fully saturated rings. The molecule has 2 heterocycles. The topological polar surface area (TPSA) is 52.0 Å². The van der Waals surface area contributed by atoms with Crippen LogP contribution in [-0.2, 0) is 9.84 Å². The van der Waals surface area contributed by atoms with Crippen molar-refractivity contribution in [2.24, 2.45) is 0 Å². The lowest BCUT2D eigenvalue weighted by Crippen LogP contribution is -1.97. The van der Waals surface area contributed by atoms with Gasteiger partial charge in [-0.25, -0.2) is 13.1 Å². The predicted molar refractivity (Wildman–Crippen MR) is 99.9 cm³/mol. The van der Waals surface area contributed by atoms with Gasteiger partial charge in [0, 0.05) is 23.5 Å². The van der Waals surface area contributed by atoms with E-state index in [1.807, 2.05) is 60.8 Å². The van der Waals surface area contributed by atoms with Crippen LogP contribution in [0.2, 0.25) is 0 Å². The van der Waals surface area contributed by atoms with Gasteiger partial charge in [0.15, 0.2) is 0 Å². The average molecular weight is 358 g/mol. The van der Waals surface area contributed by atoms with Crippen molar-refractivity contribution in [2.75, 3.05) is 0 Å². The van der Waals surface area contributed by atoms with Crippen LogP contribution in [0.4, 0.5) is 0 Å². The number of benzene rings is 3. The Balaban J connectivity index is 1.60. The molecule has 1 aromatic heterocycles. The predicted octanol–water partition coefficient (Wildman–Crippen LogP) is 4.35. The van der Waals surface area contributed by atoms with Crippen molar-refractivity contribution in [2.45, 2.75) is 9.79 Å². The van der Waals surface area contributed by atoms with Gasteiger partial charge in [0.1, 0.15) is 0 Å². The highest BCUT2D eigenvalue weighted by Crippen LogP contribution is 2.44. The van der Waals surface area contributed by atoms with E-state index in [1.54, 1.807) is 29.1 Å². The first kappa shape index (κ1) is 15.1. The molecule has 0 spiro atoms. The number of fused-ring (bicyclic) bond motifs is 3. The molecule has 5 rings (SSSR count). The molecule has 0 bridgehead atoms. The molecule has 0 amide bonds. The zero-order chi connectivity index (χ0) is 17.7. The summed E-state index contributed by atoms with van der Waals surface area (Å²) < 4.78 is 27.5. The second kappa shape index (κ2) is 5.41. The van der Waals surface area contributed by atoms with Crippen LogP contribution in [0.15, 0.2) is 95.0 Å². The van der Waals surface area contributed by atoms with Crippen LogP contribution in [0.5, 0.6) is 0 Å². The Kier molecular flexibility index (Phi) is 3.14. The van der Waals surface area contributed by atoms with Crippen molar-refractivity contribution in [3.05, 3.63) is 85.2 Å². The molecule has 5 heteroatoms. The fourth-order valence-corrected chi connectivity index (χ4v) is 5.13. The van der Waals surface area contributed by atoms with E-state index >= 15 is 0 Å². The van der Waals surface area contributed by atoms with E-state index in [1.165, 1.54) is 0 Å². The first-order valence-electron chi connectivity index (χ1n) is 8.24. The van der Waals surface area contributed by atoms with Gasteiger partial charge in [0.2, 0.25) is 9.84 Å². The highest BCUT2D eigenvalue weighted by Gasteiger charge is 2.32. The van der Waals surface area contributed by atoms with Crippen molar-refractivity contribution >= 4 is 9.84 Å². The highest BCUT2D eigenvalue weighted by molar-refractivity contribution is 7.92. The summed E-state index contributed by atoms with van der Waals surface area (Å²) in [5, 5.41) is 4.22. The SMILES string of the molecule is O=S1(=O)c2ccccc2-c2ccc(-c3ccc(-n4cccn4)cc3)cc21. The Morgan fingerprint density at radius 3 is 2.23 bits per heavy atom. The third-order valence-corrected chi connectivity index (χ3v) is 6.56. The largest absolute Gasteiger partial charge is 0.241 e. The molecule has 0 radical (unpaired) electrons. The Bertz CT molecular complexity index is 1230. The maximum absolute atomic E-state index is 12.9. The summed E-state index contributed by atoms with van der Waals surface area (Å²) in [5.41, 5.74) is 4.36. The molecule has 4 aromatic rings. The third kappa shape index (κ3) is 2.14. The monoisotopic (exact) mass is 358 g/mol. The standard InChI is InChI=1S/C21H14N2O2S/c24-26(25)20-5-2-1-4-18(20)19-11-8-16(14-21(19)26)15-6-9-17(10-7-15)23-13-3-12-22-23/h1-14H. The van der Waals surface area contributed by atoms with Gasteiger partial charge in [-0.15, -0.1) is 0 Å². The lowest BCUT2D eigenvalue weighted by molar-refractivity contribution is 0.598. The molecule has 0 aliphatic carbocycles. The van der Waals surface area contributed by atoms with Gasteiger partial charge in [-0.3, -0.25) is 0 Å². The summed E-state index contributed by atoms with van der Waals surface area (Å²) in [7, 11) is -3.45. The molecular formula is C21H14N2O2S. The smallest absolute Gasteiger partial charge is 0.207 e. The summed E-state index contributed by atoms with van der Waals surface area (Å²) in [5.74, 6) is 0. The molecular weight excluding hydrogens is 344 g/mol. The molecule has 1 aliphatic heterocycles. The number of sulfone groups is 1. The number of hydrogen-bond acceptors (Lipinski definition) is 3. The highest BCUT2D eigenvalue weighted by atomic mass is 32.2. The van der Waals surface area contributed by atoms with Crippen LogP contribution in [0, 0.1) is 0 Å². The minimum Gasteiger partial charge on any atom is -0.241 e. The number of rotatable bonds is 2. The van der Waals surface area contributed by atoms with Crippen LogP contribution in [0.25, 0.3) is 27.9 Å². The minimum absolute atomic E-state index is 0.382. The normalized spacial score (nSPS) is 14.0. The maximum Gasteiger partial charge on any atom is 0.207 e. The van der Waals surface area contributed by atoms with Crippen LogP contribution in [0.1, 0.15) is 0 Å². The van der Waals surface area contributed by atoms with Gasteiger partial charge in [0.25, 0.3) is 0 Å². The van der Waals surface area contributed by atoms with Crippen LogP contribution in [0.3, 0.4) is 0 Å². The Morgan fingerprint density at radius 1 is 0.731 bits per heavy atom. The van der Waals surface area contributed by atoms with Gasteiger partial charge in [0.05, 0.1) is 15.5 Å². The first-order chi connectivity index (χ1) is 12.6. The quantitative estimate of drug-likeness (QED) is 0.471. The molecule has 4 nitrogen and oxygen atoms in total. The van der Waals surface area contributed by atoms with Crippen molar-refractivity contribution < 1.29 is 8.42 Å². The minimum atomic E-state index is -3.45. The van der Waals surface area contributed by atoms with E-state index < -0.39 is 9.84 Å². The first-order valence-corrected chi connectivity index (χ1v) is 9.72. The van der Waals surface area contributed by atoms with Gasteiger partial charge in [-0.1, -0.05) is 42.5 Å². The van der Waals surface area contributed by atoms with Gasteiger partial charge < -0.3 is 0 Å². The van der Waals surface area contributed by atoms with Crippen molar-refractivity contribution in [1.29, 1.82) is 0 Å². The molecule has 0 saturated carbocycles. The molecule has 0 unspecified atom stereocenters. The molecule has 0 N–H and O–H groups in total. The molecule has 126 valence electrons. The number of aromatic nitrogens is 2. The van der Waals surface area contributed by atoms with Crippen molar-refractivity contribution in [3.63, 3.8) is 0 Å². The Labute approximate surface area is 151 Å². The Hall–Kier alpha value is -3.18. The fraction of sp³-hybridized carbons (Fsp3) is 0. The van der Waals surface area contributed by atoms with Crippen LogP contribution < -0.4 is 0 Å². The maximum atomic E-state index is 12.9. The summed E-state index contributed by atoms with van der Waals surface area (Å²) in [6.45, 7) is 0. The van der Waals surface area contributed by atoms with Gasteiger partial charge >= 0.3 is 0 Å². The zero-order valence-electron chi connectivity index (χ0n) is 13.7. The van der Waals surface area contributed by atoms with Gasteiger partial charge in [-0.2, -0.15) is 5.10 Å². The van der Waals surface area contributed by atoms with E-state index in [0.717, 1.165) is 27.9 Å². The second-order valence-electron chi connectivity index (χ2n) is 6.21. The Morgan fingerprint density at radius 2 is 1.46 bits per heavy atom. The summed E-state index contributed by atoms with van der Waals surface area (Å²) in [4.78, 5) is 0.772. The molecule has 3 aromatic carbocycles. The molecule has 0 atom stereocenters. The lowest BCUT2D eigenvalue weighted by Gasteiger charge is -2.07. The summed E-state index contributed by atoms with van der Waals surface area (Å²) in [6.07, 6.45) is 3.62. The molecule has 0 saturated heterocycles. The average Bonchev–Trinajstić information content (AvgIpc) is 3.29. The number of hydrogen-bond donors (Lipinski definition) is 0. The third-order valence-electron chi connectivity index (χ3n) is 4.71. The zero-order valence-corrected chi connectivity index (χ0v) is 14.5. The van der Waals surface area contributed by atoms with E-state index in [9.17, 15) is 8.42 Å². The summed E-state index contributed by atoms with van der Waals surface area (Å²) >= 11 is 0. The van der Waals surface area contributed by atoms with E-state index in [2.05, 4.69) is 5.10 Å². The summed E-state index contributed by atoms with van der Waals surface area (Å²) in [6, 6.07) is 22.6. The van der Waals surface area contributed by atoms with E-state index in [0.29, 0.717) is 9.79 Å². The fourth-order valence-electron chi connectivity index (χ4n) is 3.42. The van der Waals surface area contributed by atoms with Crippen molar-refractivity contribution in [1.82, 2.24) is 9.78 Å².